The van der Waals surface area contributed by atoms with Gasteiger partial charge >= 0.3 is 6.09 Å². The summed E-state index contributed by atoms with van der Waals surface area (Å²) >= 11 is 0. The van der Waals surface area contributed by atoms with E-state index in [9.17, 15) is 4.79 Å². The van der Waals surface area contributed by atoms with Gasteiger partial charge in [-0.15, -0.1) is 0 Å². The molecule has 3 heteroatoms. The van der Waals surface area contributed by atoms with E-state index in [1.807, 2.05) is 20.8 Å². The Morgan fingerprint density at radius 3 is 2.64 bits per heavy atom. The molecule has 1 aliphatic rings. The lowest BCUT2D eigenvalue weighted by Gasteiger charge is -2.21. The largest absolute Gasteiger partial charge is 0.444 e. The van der Waals surface area contributed by atoms with Crippen LogP contribution in [-0.4, -0.2) is 17.7 Å². The summed E-state index contributed by atoms with van der Waals surface area (Å²) in [6, 6.07) is 0.227. The number of ether oxygens (including phenoxy) is 1. The molecule has 0 heterocycles. The number of alkyl carbamates (subject to hydrolysis) is 1. The minimum Gasteiger partial charge on any atom is -0.444 e. The Hall–Kier alpha value is -0.990. The fraction of sp³-hybridized carbons (Fsp3) is 0.727. The molecule has 1 amide bonds. The van der Waals surface area contributed by atoms with Crippen LogP contribution in [0.2, 0.25) is 0 Å². The van der Waals surface area contributed by atoms with Gasteiger partial charge < -0.3 is 10.1 Å². The summed E-state index contributed by atoms with van der Waals surface area (Å²) in [7, 11) is 0. The minimum atomic E-state index is -0.412. The Balaban J connectivity index is 2.29. The van der Waals surface area contributed by atoms with E-state index in [2.05, 4.69) is 18.3 Å². The fourth-order valence-electron chi connectivity index (χ4n) is 1.48. The molecule has 14 heavy (non-hydrogen) atoms. The highest BCUT2D eigenvalue weighted by Gasteiger charge is 2.21. The van der Waals surface area contributed by atoms with Crippen molar-refractivity contribution in [1.29, 1.82) is 0 Å². The highest BCUT2D eigenvalue weighted by Crippen LogP contribution is 2.18. The molecule has 80 valence electrons. The third kappa shape index (κ3) is 3.81. The predicted octanol–water partition coefficient (Wildman–Crippen LogP) is 2.62. The first-order chi connectivity index (χ1) is 6.37. The maximum Gasteiger partial charge on any atom is 0.407 e. The first-order valence-corrected chi connectivity index (χ1v) is 5.02. The molecule has 0 fully saturated rings. The molecular weight excluding hydrogens is 178 g/mol. The van der Waals surface area contributed by atoms with Crippen molar-refractivity contribution in [2.75, 3.05) is 0 Å². The van der Waals surface area contributed by atoms with E-state index in [4.69, 9.17) is 4.74 Å². The molecular formula is C11H19NO2. The van der Waals surface area contributed by atoms with Crippen molar-refractivity contribution >= 4 is 6.09 Å². The van der Waals surface area contributed by atoms with Crippen LogP contribution in [0.5, 0.6) is 0 Å². The summed E-state index contributed by atoms with van der Waals surface area (Å²) in [5.41, 5.74) is 0.927. The van der Waals surface area contributed by atoms with Gasteiger partial charge in [-0.05, 0) is 40.5 Å². The lowest BCUT2D eigenvalue weighted by atomic mass is 10.2. The Bertz CT molecular complexity index is 251. The molecule has 0 aromatic carbocycles. The number of nitrogens with one attached hydrogen (secondary N) is 1. The SMILES string of the molecule is CC1=CCC(NC(=O)OC(C)(C)C)C1. The highest BCUT2D eigenvalue weighted by atomic mass is 16.6. The average molecular weight is 197 g/mol. The predicted molar refractivity (Wildman–Crippen MR) is 56.1 cm³/mol. The Morgan fingerprint density at radius 1 is 1.57 bits per heavy atom. The first kappa shape index (κ1) is 11.1. The second-order valence-electron chi connectivity index (χ2n) is 4.83. The highest BCUT2D eigenvalue weighted by molar-refractivity contribution is 5.68. The summed E-state index contributed by atoms with van der Waals surface area (Å²) in [5.74, 6) is 0. The number of hydrogen-bond acceptors (Lipinski definition) is 2. The fourth-order valence-corrected chi connectivity index (χ4v) is 1.48. The van der Waals surface area contributed by atoms with E-state index in [1.54, 1.807) is 0 Å². The van der Waals surface area contributed by atoms with Crippen LogP contribution >= 0.6 is 0 Å². The van der Waals surface area contributed by atoms with Gasteiger partial charge in [0.15, 0.2) is 0 Å². The maximum absolute atomic E-state index is 11.4. The molecule has 1 unspecified atom stereocenters. The van der Waals surface area contributed by atoms with Crippen LogP contribution in [0.25, 0.3) is 0 Å². The zero-order valence-electron chi connectivity index (χ0n) is 9.39. The van der Waals surface area contributed by atoms with E-state index in [1.165, 1.54) is 5.57 Å². The zero-order valence-corrected chi connectivity index (χ0v) is 9.39. The van der Waals surface area contributed by atoms with E-state index < -0.39 is 5.60 Å². The molecule has 0 radical (unpaired) electrons. The summed E-state index contributed by atoms with van der Waals surface area (Å²) in [5, 5.41) is 2.85. The van der Waals surface area contributed by atoms with Gasteiger partial charge in [0.05, 0.1) is 0 Å². The van der Waals surface area contributed by atoms with Crippen molar-refractivity contribution in [2.24, 2.45) is 0 Å². The molecule has 1 N–H and O–H groups in total. The zero-order chi connectivity index (χ0) is 10.8. The molecule has 1 atom stereocenters. The van der Waals surface area contributed by atoms with Crippen molar-refractivity contribution in [3.63, 3.8) is 0 Å². The van der Waals surface area contributed by atoms with Gasteiger partial charge in [0.1, 0.15) is 5.60 Å². The Kier molecular flexibility index (Phi) is 3.19. The molecule has 0 aromatic heterocycles. The second kappa shape index (κ2) is 4.03. The topological polar surface area (TPSA) is 38.3 Å². The van der Waals surface area contributed by atoms with E-state index in [0.29, 0.717) is 0 Å². The smallest absolute Gasteiger partial charge is 0.407 e. The maximum atomic E-state index is 11.4. The Morgan fingerprint density at radius 2 is 2.21 bits per heavy atom. The van der Waals surface area contributed by atoms with Gasteiger partial charge in [0, 0.05) is 6.04 Å². The van der Waals surface area contributed by atoms with Gasteiger partial charge in [0.25, 0.3) is 0 Å². The van der Waals surface area contributed by atoms with Crippen LogP contribution in [0.4, 0.5) is 4.79 Å². The Labute approximate surface area is 85.5 Å². The number of carbonyl (C=O) groups is 1. The van der Waals surface area contributed by atoms with Gasteiger partial charge in [-0.1, -0.05) is 11.6 Å². The second-order valence-corrected chi connectivity index (χ2v) is 4.83. The van der Waals surface area contributed by atoms with Crippen molar-refractivity contribution in [3.8, 4) is 0 Å². The monoisotopic (exact) mass is 197 g/mol. The van der Waals surface area contributed by atoms with Crippen molar-refractivity contribution in [2.45, 2.75) is 52.2 Å². The lowest BCUT2D eigenvalue weighted by molar-refractivity contribution is 0.0507. The lowest BCUT2D eigenvalue weighted by Crippen LogP contribution is -2.38. The molecule has 0 aliphatic heterocycles. The van der Waals surface area contributed by atoms with Crippen LogP contribution in [-0.2, 0) is 4.74 Å². The summed E-state index contributed by atoms with van der Waals surface area (Å²) < 4.78 is 5.16. The minimum absolute atomic E-state index is 0.227. The third-order valence-electron chi connectivity index (χ3n) is 2.04. The third-order valence-corrected chi connectivity index (χ3v) is 2.04. The molecule has 1 rings (SSSR count). The first-order valence-electron chi connectivity index (χ1n) is 5.02. The van der Waals surface area contributed by atoms with Crippen molar-refractivity contribution in [3.05, 3.63) is 11.6 Å². The molecule has 0 aromatic rings. The molecule has 0 saturated carbocycles. The number of hydrogen-bond donors (Lipinski definition) is 1. The molecule has 0 saturated heterocycles. The number of rotatable bonds is 1. The van der Waals surface area contributed by atoms with Crippen LogP contribution in [0, 0.1) is 0 Å². The summed E-state index contributed by atoms with van der Waals surface area (Å²) in [4.78, 5) is 11.4. The molecule has 3 nitrogen and oxygen atoms in total. The van der Waals surface area contributed by atoms with Crippen LogP contribution < -0.4 is 5.32 Å². The van der Waals surface area contributed by atoms with E-state index >= 15 is 0 Å². The van der Waals surface area contributed by atoms with Crippen LogP contribution in [0.3, 0.4) is 0 Å². The van der Waals surface area contributed by atoms with Crippen LogP contribution in [0.1, 0.15) is 40.5 Å². The summed E-state index contributed by atoms with van der Waals surface area (Å²) in [6.45, 7) is 7.68. The van der Waals surface area contributed by atoms with E-state index in [-0.39, 0.29) is 12.1 Å². The van der Waals surface area contributed by atoms with Gasteiger partial charge in [-0.2, -0.15) is 0 Å². The normalized spacial score (nSPS) is 21.7. The van der Waals surface area contributed by atoms with E-state index in [0.717, 1.165) is 12.8 Å². The molecule has 0 spiro atoms. The van der Waals surface area contributed by atoms with Crippen molar-refractivity contribution < 1.29 is 9.53 Å². The van der Waals surface area contributed by atoms with Crippen molar-refractivity contribution in [1.82, 2.24) is 5.32 Å². The number of carbonyl (C=O) groups excluding carboxylic acids is 1. The number of amides is 1. The molecule has 0 bridgehead atoms. The average Bonchev–Trinajstić information content (AvgIpc) is 2.30. The standard InChI is InChI=1S/C11H19NO2/c1-8-5-6-9(7-8)12-10(13)14-11(2,3)4/h5,9H,6-7H2,1-4H3,(H,12,13). The molecule has 1 aliphatic carbocycles. The quantitative estimate of drug-likeness (QED) is 0.656. The van der Waals surface area contributed by atoms with Crippen LogP contribution in [0.15, 0.2) is 11.6 Å². The summed E-state index contributed by atoms with van der Waals surface area (Å²) in [6.07, 6.45) is 3.71. The van der Waals surface area contributed by atoms with Gasteiger partial charge in [-0.3, -0.25) is 0 Å². The van der Waals surface area contributed by atoms with Gasteiger partial charge in [-0.25, -0.2) is 4.79 Å². The van der Waals surface area contributed by atoms with Gasteiger partial charge in [0.2, 0.25) is 0 Å².